The summed E-state index contributed by atoms with van der Waals surface area (Å²) in [6.07, 6.45) is 4.92. The highest BCUT2D eigenvalue weighted by Gasteiger charge is 2.46. The van der Waals surface area contributed by atoms with Crippen molar-refractivity contribution in [3.05, 3.63) is 53.3 Å². The predicted molar refractivity (Wildman–Crippen MR) is 97.1 cm³/mol. The van der Waals surface area contributed by atoms with Gasteiger partial charge in [0, 0.05) is 51.9 Å². The molecule has 5 nitrogen and oxygen atoms in total. The van der Waals surface area contributed by atoms with Crippen molar-refractivity contribution in [2.45, 2.75) is 25.8 Å². The highest BCUT2D eigenvalue weighted by atomic mass is 16.2. The Morgan fingerprint density at radius 2 is 1.96 bits per heavy atom. The molecule has 0 unspecified atom stereocenters. The molecule has 1 aromatic carbocycles. The summed E-state index contributed by atoms with van der Waals surface area (Å²) in [5.41, 5.74) is 3.94. The Labute approximate surface area is 149 Å². The lowest BCUT2D eigenvalue weighted by Gasteiger charge is -2.35. The van der Waals surface area contributed by atoms with Crippen LogP contribution >= 0.6 is 0 Å². The van der Waals surface area contributed by atoms with E-state index in [1.807, 2.05) is 24.1 Å². The first kappa shape index (κ1) is 16.3. The molecule has 5 heteroatoms. The van der Waals surface area contributed by atoms with Gasteiger partial charge >= 0.3 is 0 Å². The van der Waals surface area contributed by atoms with Gasteiger partial charge in [0.05, 0.1) is 6.20 Å². The van der Waals surface area contributed by atoms with Crippen LogP contribution in [0, 0.1) is 12.8 Å². The van der Waals surface area contributed by atoms with Crippen molar-refractivity contribution in [3.63, 3.8) is 0 Å². The van der Waals surface area contributed by atoms with Crippen molar-refractivity contribution < 1.29 is 4.79 Å². The highest BCUT2D eigenvalue weighted by Crippen LogP contribution is 2.48. The zero-order valence-electron chi connectivity index (χ0n) is 15.1. The fourth-order valence-electron chi connectivity index (χ4n) is 3.86. The van der Waals surface area contributed by atoms with Crippen LogP contribution in [0.1, 0.15) is 29.0 Å². The molecule has 2 atom stereocenters. The standard InChI is InChI=1S/C20H26N4O/c1-15-5-3-4-6-16(15)14-23-7-9-24(10-8-23)20(25)19-11-18(19)17-12-21-22(2)13-17/h3-6,12-13,18-19H,7-11,14H2,1-2H3/t18-,19-/m1/s1. The van der Waals surface area contributed by atoms with Gasteiger partial charge in [-0.2, -0.15) is 5.10 Å². The zero-order chi connectivity index (χ0) is 17.4. The molecule has 132 valence electrons. The monoisotopic (exact) mass is 338 g/mol. The van der Waals surface area contributed by atoms with Crippen molar-refractivity contribution >= 4 is 5.91 Å². The Bertz CT molecular complexity index is 761. The third-order valence-electron chi connectivity index (χ3n) is 5.60. The van der Waals surface area contributed by atoms with E-state index in [0.717, 1.165) is 39.1 Å². The maximum absolute atomic E-state index is 12.8. The second kappa shape index (κ2) is 6.64. The van der Waals surface area contributed by atoms with E-state index in [9.17, 15) is 4.79 Å². The van der Waals surface area contributed by atoms with Crippen molar-refractivity contribution in [1.29, 1.82) is 0 Å². The first-order chi connectivity index (χ1) is 12.1. The topological polar surface area (TPSA) is 41.4 Å². The number of aryl methyl sites for hydroxylation is 2. The van der Waals surface area contributed by atoms with Gasteiger partial charge in [-0.05, 0) is 36.0 Å². The van der Waals surface area contributed by atoms with Crippen molar-refractivity contribution in [1.82, 2.24) is 19.6 Å². The summed E-state index contributed by atoms with van der Waals surface area (Å²) in [6, 6.07) is 8.56. The third-order valence-corrected chi connectivity index (χ3v) is 5.60. The number of carbonyl (C=O) groups is 1. The number of amides is 1. The van der Waals surface area contributed by atoms with Crippen LogP contribution in [0.3, 0.4) is 0 Å². The number of nitrogens with zero attached hydrogens (tertiary/aromatic N) is 4. The Morgan fingerprint density at radius 3 is 2.64 bits per heavy atom. The third kappa shape index (κ3) is 3.47. The second-order valence-electron chi connectivity index (χ2n) is 7.42. The molecule has 0 spiro atoms. The maximum Gasteiger partial charge on any atom is 0.226 e. The number of aromatic nitrogens is 2. The number of hydrogen-bond donors (Lipinski definition) is 0. The molecular formula is C20H26N4O. The molecule has 0 radical (unpaired) electrons. The lowest BCUT2D eigenvalue weighted by atomic mass is 10.1. The van der Waals surface area contributed by atoms with Crippen LogP contribution in [0.5, 0.6) is 0 Å². The average Bonchev–Trinajstić information content (AvgIpc) is 3.31. The van der Waals surface area contributed by atoms with E-state index in [4.69, 9.17) is 0 Å². The second-order valence-corrected chi connectivity index (χ2v) is 7.42. The van der Waals surface area contributed by atoms with E-state index in [-0.39, 0.29) is 5.92 Å². The van der Waals surface area contributed by atoms with E-state index in [1.54, 1.807) is 0 Å². The maximum atomic E-state index is 12.8. The zero-order valence-corrected chi connectivity index (χ0v) is 15.1. The van der Waals surface area contributed by atoms with Crippen LogP contribution in [0.25, 0.3) is 0 Å². The number of carbonyl (C=O) groups excluding carboxylic acids is 1. The summed E-state index contributed by atoms with van der Waals surface area (Å²) < 4.78 is 1.82. The normalized spacial score (nSPS) is 23.7. The summed E-state index contributed by atoms with van der Waals surface area (Å²) in [7, 11) is 1.93. The van der Waals surface area contributed by atoms with Crippen LogP contribution < -0.4 is 0 Å². The van der Waals surface area contributed by atoms with Crippen molar-refractivity contribution in [2.75, 3.05) is 26.2 Å². The minimum atomic E-state index is 0.173. The van der Waals surface area contributed by atoms with Gasteiger partial charge < -0.3 is 4.90 Å². The summed E-state index contributed by atoms with van der Waals surface area (Å²) in [5.74, 6) is 0.891. The quantitative estimate of drug-likeness (QED) is 0.858. The number of benzene rings is 1. The van der Waals surface area contributed by atoms with Crippen LogP contribution in [-0.2, 0) is 18.4 Å². The van der Waals surface area contributed by atoms with Crippen LogP contribution in [0.2, 0.25) is 0 Å². The van der Waals surface area contributed by atoms with E-state index in [2.05, 4.69) is 46.1 Å². The van der Waals surface area contributed by atoms with Crippen LogP contribution in [0.15, 0.2) is 36.7 Å². The first-order valence-corrected chi connectivity index (χ1v) is 9.16. The van der Waals surface area contributed by atoms with Gasteiger partial charge in [-0.3, -0.25) is 14.4 Å². The number of rotatable bonds is 4. The lowest BCUT2D eigenvalue weighted by molar-refractivity contribution is -0.134. The summed E-state index contributed by atoms with van der Waals surface area (Å²) >= 11 is 0. The van der Waals surface area contributed by atoms with Gasteiger partial charge in [0.2, 0.25) is 5.91 Å². The van der Waals surface area contributed by atoms with Gasteiger partial charge in [0.1, 0.15) is 0 Å². The molecular weight excluding hydrogens is 312 g/mol. The molecule has 4 rings (SSSR count). The average molecular weight is 338 g/mol. The molecule has 25 heavy (non-hydrogen) atoms. The van der Waals surface area contributed by atoms with E-state index in [0.29, 0.717) is 11.8 Å². The molecule has 0 bridgehead atoms. The van der Waals surface area contributed by atoms with Crippen molar-refractivity contribution in [2.24, 2.45) is 13.0 Å². The summed E-state index contributed by atoms with van der Waals surface area (Å²) in [5, 5.41) is 4.23. The van der Waals surface area contributed by atoms with Crippen molar-refractivity contribution in [3.8, 4) is 0 Å². The van der Waals surface area contributed by atoms with Gasteiger partial charge in [0.25, 0.3) is 0 Å². The van der Waals surface area contributed by atoms with Gasteiger partial charge in [-0.25, -0.2) is 0 Å². The molecule has 1 aliphatic carbocycles. The van der Waals surface area contributed by atoms with E-state index >= 15 is 0 Å². The molecule has 1 amide bonds. The molecule has 2 aromatic rings. The van der Waals surface area contributed by atoms with Crippen LogP contribution in [0.4, 0.5) is 0 Å². The van der Waals surface area contributed by atoms with Crippen LogP contribution in [-0.4, -0.2) is 51.7 Å². The predicted octanol–water partition coefficient (Wildman–Crippen LogP) is 2.18. The first-order valence-electron chi connectivity index (χ1n) is 9.16. The largest absolute Gasteiger partial charge is 0.340 e. The fraction of sp³-hybridized carbons (Fsp3) is 0.500. The Morgan fingerprint density at radius 1 is 1.20 bits per heavy atom. The van der Waals surface area contributed by atoms with Gasteiger partial charge in [-0.15, -0.1) is 0 Å². The molecule has 0 N–H and O–H groups in total. The minimum Gasteiger partial charge on any atom is -0.340 e. The SMILES string of the molecule is Cc1ccccc1CN1CCN(C(=O)[C@@H]2C[C@@H]2c2cnn(C)c2)CC1. The Kier molecular flexibility index (Phi) is 4.34. The molecule has 2 heterocycles. The minimum absolute atomic E-state index is 0.173. The van der Waals surface area contributed by atoms with Gasteiger partial charge in [0.15, 0.2) is 0 Å². The molecule has 2 aliphatic rings. The molecule has 1 aliphatic heterocycles. The summed E-state index contributed by atoms with van der Waals surface area (Å²) in [6.45, 7) is 6.77. The highest BCUT2D eigenvalue weighted by molar-refractivity contribution is 5.83. The van der Waals surface area contributed by atoms with E-state index < -0.39 is 0 Å². The molecule has 2 fully saturated rings. The Balaban J connectivity index is 1.29. The summed E-state index contributed by atoms with van der Waals surface area (Å²) in [4.78, 5) is 17.3. The molecule has 1 aromatic heterocycles. The smallest absolute Gasteiger partial charge is 0.226 e. The molecule has 1 saturated carbocycles. The Hall–Kier alpha value is -2.14. The van der Waals surface area contributed by atoms with Gasteiger partial charge in [-0.1, -0.05) is 24.3 Å². The number of piperazine rings is 1. The van der Waals surface area contributed by atoms with E-state index in [1.165, 1.54) is 16.7 Å². The number of hydrogen-bond acceptors (Lipinski definition) is 3. The molecule has 1 saturated heterocycles. The fourth-order valence-corrected chi connectivity index (χ4v) is 3.86. The lowest BCUT2D eigenvalue weighted by Crippen LogP contribution is -2.48.